The quantitative estimate of drug-likeness (QED) is 0.795. The Hall–Kier alpha value is -0.0800. The molecule has 2 nitrogen and oxygen atoms in total. The van der Waals surface area contributed by atoms with Crippen LogP contribution in [0.2, 0.25) is 0 Å². The van der Waals surface area contributed by atoms with Crippen molar-refractivity contribution in [1.29, 1.82) is 0 Å². The van der Waals surface area contributed by atoms with Gasteiger partial charge < -0.3 is 5.73 Å². The highest BCUT2D eigenvalue weighted by Gasteiger charge is 2.45. The summed E-state index contributed by atoms with van der Waals surface area (Å²) >= 11 is 0. The Morgan fingerprint density at radius 3 is 2.24 bits per heavy atom. The third-order valence-corrected chi connectivity index (χ3v) is 6.25. The molecule has 2 saturated heterocycles. The Kier molecular flexibility index (Phi) is 2.52. The molecule has 2 aliphatic carbocycles. The molecule has 4 fully saturated rings. The summed E-state index contributed by atoms with van der Waals surface area (Å²) < 4.78 is 0. The van der Waals surface area contributed by atoms with E-state index in [2.05, 4.69) is 4.90 Å². The van der Waals surface area contributed by atoms with Gasteiger partial charge in [0.1, 0.15) is 0 Å². The van der Waals surface area contributed by atoms with Gasteiger partial charge >= 0.3 is 0 Å². The van der Waals surface area contributed by atoms with Gasteiger partial charge in [-0.1, -0.05) is 6.42 Å². The molecule has 2 heterocycles. The number of piperidine rings is 1. The topological polar surface area (TPSA) is 29.3 Å². The predicted molar refractivity (Wildman–Crippen MR) is 69.7 cm³/mol. The lowest BCUT2D eigenvalue weighted by atomic mass is 9.87. The largest absolute Gasteiger partial charge is 0.328 e. The van der Waals surface area contributed by atoms with Gasteiger partial charge in [-0.15, -0.1) is 0 Å². The van der Waals surface area contributed by atoms with Crippen molar-refractivity contribution < 1.29 is 0 Å². The van der Waals surface area contributed by atoms with Gasteiger partial charge in [-0.2, -0.15) is 0 Å². The Morgan fingerprint density at radius 1 is 0.882 bits per heavy atom. The summed E-state index contributed by atoms with van der Waals surface area (Å²) in [6, 6.07) is 2.20. The lowest BCUT2D eigenvalue weighted by Gasteiger charge is -2.40. The fraction of sp³-hybridized carbons (Fsp3) is 1.00. The Labute approximate surface area is 105 Å². The van der Waals surface area contributed by atoms with E-state index in [1.54, 1.807) is 19.3 Å². The summed E-state index contributed by atoms with van der Waals surface area (Å²) in [5, 5.41) is 0. The number of fused-ring (bicyclic) bond motifs is 4. The van der Waals surface area contributed by atoms with Crippen LogP contribution in [0.4, 0.5) is 0 Å². The van der Waals surface area contributed by atoms with Crippen LogP contribution < -0.4 is 5.73 Å². The SMILES string of the molecule is NC1CC2CCC(C1)N2CC1CC2CCC1C2. The van der Waals surface area contributed by atoms with E-state index in [1.807, 2.05) is 0 Å². The molecule has 0 amide bonds. The second-order valence-electron chi connectivity index (χ2n) is 7.25. The molecule has 4 rings (SSSR count). The van der Waals surface area contributed by atoms with E-state index >= 15 is 0 Å². The molecule has 17 heavy (non-hydrogen) atoms. The second-order valence-corrected chi connectivity index (χ2v) is 7.25. The zero-order valence-electron chi connectivity index (χ0n) is 10.9. The smallest absolute Gasteiger partial charge is 0.0114 e. The zero-order valence-corrected chi connectivity index (χ0v) is 10.9. The van der Waals surface area contributed by atoms with Crippen LogP contribution >= 0.6 is 0 Å². The van der Waals surface area contributed by atoms with E-state index in [0.717, 1.165) is 29.8 Å². The molecule has 4 aliphatic rings. The van der Waals surface area contributed by atoms with Gasteiger partial charge in [0.25, 0.3) is 0 Å². The average Bonchev–Trinajstić information content (AvgIpc) is 2.95. The van der Waals surface area contributed by atoms with E-state index < -0.39 is 0 Å². The molecule has 0 spiro atoms. The fourth-order valence-corrected chi connectivity index (χ4v) is 5.49. The molecule has 0 aromatic rings. The Balaban J connectivity index is 1.43. The van der Waals surface area contributed by atoms with Crippen molar-refractivity contribution in [2.24, 2.45) is 23.5 Å². The fourth-order valence-electron chi connectivity index (χ4n) is 5.49. The number of rotatable bonds is 2. The van der Waals surface area contributed by atoms with E-state index in [1.165, 1.54) is 38.6 Å². The maximum Gasteiger partial charge on any atom is 0.0114 e. The van der Waals surface area contributed by atoms with Crippen LogP contribution in [0.3, 0.4) is 0 Å². The molecule has 0 aromatic carbocycles. The third-order valence-electron chi connectivity index (χ3n) is 6.25. The molecule has 2 heteroatoms. The zero-order chi connectivity index (χ0) is 11.4. The summed E-state index contributed by atoms with van der Waals surface area (Å²) in [4.78, 5) is 2.87. The maximum atomic E-state index is 6.16. The molecular formula is C15H26N2. The molecule has 4 bridgehead atoms. The summed E-state index contributed by atoms with van der Waals surface area (Å²) in [7, 11) is 0. The van der Waals surface area contributed by atoms with Crippen molar-refractivity contribution in [3.8, 4) is 0 Å². The van der Waals surface area contributed by atoms with E-state index in [4.69, 9.17) is 5.73 Å². The normalized spacial score (nSPS) is 53.5. The van der Waals surface area contributed by atoms with E-state index in [-0.39, 0.29) is 0 Å². The van der Waals surface area contributed by atoms with E-state index in [0.29, 0.717) is 6.04 Å². The maximum absolute atomic E-state index is 6.16. The molecule has 2 N–H and O–H groups in total. The first kappa shape index (κ1) is 10.8. The highest BCUT2D eigenvalue weighted by molar-refractivity contribution is 4.99. The minimum Gasteiger partial charge on any atom is -0.328 e. The number of nitrogens with zero attached hydrogens (tertiary/aromatic N) is 1. The molecule has 2 saturated carbocycles. The van der Waals surface area contributed by atoms with Crippen LogP contribution in [-0.4, -0.2) is 29.6 Å². The molecule has 0 aromatic heterocycles. The molecular weight excluding hydrogens is 208 g/mol. The summed E-state index contributed by atoms with van der Waals surface area (Å²) in [5.74, 6) is 3.25. The average molecular weight is 234 g/mol. The molecule has 5 atom stereocenters. The molecule has 2 aliphatic heterocycles. The van der Waals surface area contributed by atoms with Gasteiger partial charge in [-0.05, 0) is 62.7 Å². The Bertz CT molecular complexity index is 289. The van der Waals surface area contributed by atoms with Gasteiger partial charge in [-0.3, -0.25) is 4.90 Å². The highest BCUT2D eigenvalue weighted by atomic mass is 15.2. The van der Waals surface area contributed by atoms with Crippen LogP contribution in [-0.2, 0) is 0 Å². The summed E-state index contributed by atoms with van der Waals surface area (Å²) in [6.45, 7) is 1.42. The summed E-state index contributed by atoms with van der Waals surface area (Å²) in [5.41, 5.74) is 6.16. The van der Waals surface area contributed by atoms with Crippen molar-refractivity contribution in [2.45, 2.75) is 69.5 Å². The molecule has 96 valence electrons. The number of nitrogens with two attached hydrogens (primary N) is 1. The van der Waals surface area contributed by atoms with Crippen LogP contribution in [0.5, 0.6) is 0 Å². The lowest BCUT2D eigenvalue weighted by Crippen LogP contribution is -2.49. The second kappa shape index (κ2) is 3.96. The first-order chi connectivity index (χ1) is 8.29. The Morgan fingerprint density at radius 2 is 1.65 bits per heavy atom. The van der Waals surface area contributed by atoms with Gasteiger partial charge in [0.05, 0.1) is 0 Å². The first-order valence-corrected chi connectivity index (χ1v) is 7.81. The van der Waals surface area contributed by atoms with Gasteiger partial charge in [-0.25, -0.2) is 0 Å². The summed E-state index contributed by atoms with van der Waals surface area (Å²) in [6.07, 6.45) is 11.6. The van der Waals surface area contributed by atoms with Crippen LogP contribution in [0.25, 0.3) is 0 Å². The van der Waals surface area contributed by atoms with Crippen molar-refractivity contribution in [1.82, 2.24) is 4.90 Å². The van der Waals surface area contributed by atoms with Crippen LogP contribution in [0.1, 0.15) is 51.4 Å². The van der Waals surface area contributed by atoms with Crippen molar-refractivity contribution in [3.63, 3.8) is 0 Å². The minimum atomic E-state index is 0.503. The standard InChI is InChI=1S/C15H26N2/c16-13-7-14-3-4-15(8-13)17(14)9-12-6-10-1-2-11(12)5-10/h10-15H,1-9,16H2. The van der Waals surface area contributed by atoms with Crippen LogP contribution in [0, 0.1) is 17.8 Å². The number of hydrogen-bond acceptors (Lipinski definition) is 2. The van der Waals surface area contributed by atoms with Crippen molar-refractivity contribution >= 4 is 0 Å². The van der Waals surface area contributed by atoms with Crippen LogP contribution in [0.15, 0.2) is 0 Å². The third kappa shape index (κ3) is 1.76. The monoisotopic (exact) mass is 234 g/mol. The minimum absolute atomic E-state index is 0.503. The van der Waals surface area contributed by atoms with E-state index in [9.17, 15) is 0 Å². The van der Waals surface area contributed by atoms with Gasteiger partial charge in [0.2, 0.25) is 0 Å². The predicted octanol–water partition coefficient (Wildman–Crippen LogP) is 2.38. The van der Waals surface area contributed by atoms with Crippen molar-refractivity contribution in [3.05, 3.63) is 0 Å². The van der Waals surface area contributed by atoms with Crippen molar-refractivity contribution in [2.75, 3.05) is 6.54 Å². The highest BCUT2D eigenvalue weighted by Crippen LogP contribution is 2.49. The lowest BCUT2D eigenvalue weighted by molar-refractivity contribution is 0.0919. The molecule has 5 unspecified atom stereocenters. The van der Waals surface area contributed by atoms with Gasteiger partial charge in [0.15, 0.2) is 0 Å². The number of hydrogen-bond donors (Lipinski definition) is 1. The first-order valence-electron chi connectivity index (χ1n) is 7.81. The molecule has 0 radical (unpaired) electrons. The van der Waals surface area contributed by atoms with Gasteiger partial charge in [0, 0.05) is 24.7 Å².